The molecule has 3 heteroatoms. The van der Waals surface area contributed by atoms with E-state index in [-0.39, 0.29) is 5.03 Å². The van der Waals surface area contributed by atoms with Crippen molar-refractivity contribution in [2.45, 2.75) is 13.8 Å². The summed E-state index contributed by atoms with van der Waals surface area (Å²) in [6, 6.07) is 9.51. The molecule has 0 aliphatic carbocycles. The first-order valence-electron chi connectivity index (χ1n) is 4.75. The molecule has 0 saturated carbocycles. The quantitative estimate of drug-likeness (QED) is 0.582. The van der Waals surface area contributed by atoms with Gasteiger partial charge in [0, 0.05) is 0 Å². The lowest BCUT2D eigenvalue weighted by molar-refractivity contribution is -0.137. The SMILES string of the molecule is CCOC(=O)C(Cl)=C(C)c1ccccc1. The van der Waals surface area contributed by atoms with Crippen LogP contribution in [0.3, 0.4) is 0 Å². The Morgan fingerprint density at radius 1 is 1.33 bits per heavy atom. The molecule has 0 aliphatic heterocycles. The van der Waals surface area contributed by atoms with Crippen molar-refractivity contribution >= 4 is 23.1 Å². The second-order valence-electron chi connectivity index (χ2n) is 3.03. The van der Waals surface area contributed by atoms with Crippen molar-refractivity contribution in [3.05, 3.63) is 40.9 Å². The molecule has 0 amide bonds. The van der Waals surface area contributed by atoms with Crippen molar-refractivity contribution in [1.29, 1.82) is 0 Å². The summed E-state index contributed by atoms with van der Waals surface area (Å²) in [6.45, 7) is 3.88. The summed E-state index contributed by atoms with van der Waals surface area (Å²) >= 11 is 5.90. The number of esters is 1. The van der Waals surface area contributed by atoms with Crippen LogP contribution in [0.25, 0.3) is 5.57 Å². The molecule has 0 atom stereocenters. The Labute approximate surface area is 94.5 Å². The van der Waals surface area contributed by atoms with Crippen molar-refractivity contribution in [1.82, 2.24) is 0 Å². The maximum atomic E-state index is 11.3. The maximum Gasteiger partial charge on any atom is 0.350 e. The maximum absolute atomic E-state index is 11.3. The van der Waals surface area contributed by atoms with Gasteiger partial charge in [0.1, 0.15) is 5.03 Å². The fraction of sp³-hybridized carbons (Fsp3) is 0.250. The smallest absolute Gasteiger partial charge is 0.350 e. The Bertz CT molecular complexity index is 368. The Balaban J connectivity index is 2.95. The van der Waals surface area contributed by atoms with Gasteiger partial charge < -0.3 is 4.74 Å². The van der Waals surface area contributed by atoms with Crippen LogP contribution in [0.2, 0.25) is 0 Å². The van der Waals surface area contributed by atoms with Crippen LogP contribution >= 0.6 is 11.6 Å². The van der Waals surface area contributed by atoms with Crippen molar-refractivity contribution < 1.29 is 9.53 Å². The normalized spacial score (nSPS) is 11.9. The Morgan fingerprint density at radius 2 is 1.93 bits per heavy atom. The van der Waals surface area contributed by atoms with Crippen LogP contribution in [0.1, 0.15) is 19.4 Å². The van der Waals surface area contributed by atoms with Crippen LogP contribution < -0.4 is 0 Å². The number of allylic oxidation sites excluding steroid dienone is 1. The van der Waals surface area contributed by atoms with E-state index < -0.39 is 5.97 Å². The molecule has 0 fully saturated rings. The molecule has 0 aliphatic rings. The number of halogens is 1. The third-order valence-corrected chi connectivity index (χ3v) is 2.43. The number of carbonyl (C=O) groups excluding carboxylic acids is 1. The minimum absolute atomic E-state index is 0.142. The summed E-state index contributed by atoms with van der Waals surface area (Å²) in [5.74, 6) is -0.472. The van der Waals surface area contributed by atoms with Gasteiger partial charge in [-0.3, -0.25) is 0 Å². The van der Waals surface area contributed by atoms with Crippen molar-refractivity contribution in [2.75, 3.05) is 6.61 Å². The molecule has 80 valence electrons. The van der Waals surface area contributed by atoms with Crippen molar-refractivity contribution in [2.24, 2.45) is 0 Å². The predicted molar refractivity (Wildman–Crippen MR) is 61.5 cm³/mol. The second kappa shape index (κ2) is 5.56. The van der Waals surface area contributed by atoms with Gasteiger partial charge in [-0.2, -0.15) is 0 Å². The van der Waals surface area contributed by atoms with E-state index in [9.17, 15) is 4.79 Å². The van der Waals surface area contributed by atoms with E-state index in [0.29, 0.717) is 6.61 Å². The Morgan fingerprint density at radius 3 is 2.47 bits per heavy atom. The molecule has 2 nitrogen and oxygen atoms in total. The van der Waals surface area contributed by atoms with Crippen LogP contribution in [0.5, 0.6) is 0 Å². The standard InChI is InChI=1S/C12H13ClO2/c1-3-15-12(14)11(13)9(2)10-7-5-4-6-8-10/h4-8H,3H2,1-2H3. The van der Waals surface area contributed by atoms with Gasteiger partial charge in [-0.1, -0.05) is 41.9 Å². The molecular weight excluding hydrogens is 212 g/mol. The van der Waals surface area contributed by atoms with Gasteiger partial charge in [0.05, 0.1) is 6.61 Å². The van der Waals surface area contributed by atoms with Crippen LogP contribution in [0, 0.1) is 0 Å². The summed E-state index contributed by atoms with van der Waals surface area (Å²) in [6.07, 6.45) is 0. The molecule has 15 heavy (non-hydrogen) atoms. The highest BCUT2D eigenvalue weighted by molar-refractivity contribution is 6.44. The van der Waals surface area contributed by atoms with E-state index in [4.69, 9.17) is 16.3 Å². The summed E-state index contributed by atoms with van der Waals surface area (Å²) in [5, 5.41) is 0.142. The van der Waals surface area contributed by atoms with Gasteiger partial charge in [0.15, 0.2) is 0 Å². The Kier molecular flexibility index (Phi) is 4.37. The zero-order valence-electron chi connectivity index (χ0n) is 8.79. The molecule has 0 saturated heterocycles. The van der Waals surface area contributed by atoms with Gasteiger partial charge in [0.2, 0.25) is 0 Å². The lowest BCUT2D eigenvalue weighted by atomic mass is 10.1. The first kappa shape index (κ1) is 11.8. The number of hydrogen-bond donors (Lipinski definition) is 0. The molecule has 0 heterocycles. The van der Waals surface area contributed by atoms with Crippen molar-refractivity contribution in [3.8, 4) is 0 Å². The van der Waals surface area contributed by atoms with Gasteiger partial charge in [-0.05, 0) is 25.0 Å². The number of rotatable bonds is 3. The minimum Gasteiger partial charge on any atom is -0.462 e. The molecule has 0 radical (unpaired) electrons. The van der Waals surface area contributed by atoms with E-state index in [1.807, 2.05) is 30.3 Å². The van der Waals surface area contributed by atoms with Gasteiger partial charge in [0.25, 0.3) is 0 Å². The highest BCUT2D eigenvalue weighted by Gasteiger charge is 2.11. The van der Waals surface area contributed by atoms with Gasteiger partial charge in [-0.15, -0.1) is 0 Å². The first-order chi connectivity index (χ1) is 7.16. The number of hydrogen-bond acceptors (Lipinski definition) is 2. The predicted octanol–water partition coefficient (Wildman–Crippen LogP) is 3.22. The number of carbonyl (C=O) groups is 1. The van der Waals surface area contributed by atoms with Crippen molar-refractivity contribution in [3.63, 3.8) is 0 Å². The molecule has 0 aromatic heterocycles. The molecule has 0 spiro atoms. The lowest BCUT2D eigenvalue weighted by Gasteiger charge is -2.05. The third-order valence-electron chi connectivity index (χ3n) is 1.99. The summed E-state index contributed by atoms with van der Waals surface area (Å²) in [4.78, 5) is 11.3. The van der Waals surface area contributed by atoms with E-state index >= 15 is 0 Å². The fourth-order valence-electron chi connectivity index (χ4n) is 1.16. The van der Waals surface area contributed by atoms with E-state index in [1.165, 1.54) is 0 Å². The van der Waals surface area contributed by atoms with Gasteiger partial charge in [-0.25, -0.2) is 4.79 Å². The monoisotopic (exact) mass is 224 g/mol. The van der Waals surface area contributed by atoms with Gasteiger partial charge >= 0.3 is 5.97 Å². The first-order valence-corrected chi connectivity index (χ1v) is 5.13. The van der Waals surface area contributed by atoms with Crippen LogP contribution in [0.15, 0.2) is 35.4 Å². The second-order valence-corrected chi connectivity index (χ2v) is 3.40. The molecule has 0 N–H and O–H groups in total. The fourth-order valence-corrected chi connectivity index (χ4v) is 1.33. The molecule has 0 bridgehead atoms. The minimum atomic E-state index is -0.472. The third kappa shape index (κ3) is 3.10. The topological polar surface area (TPSA) is 26.3 Å². The molecule has 1 aromatic rings. The number of ether oxygens (including phenoxy) is 1. The zero-order chi connectivity index (χ0) is 11.3. The number of benzene rings is 1. The summed E-state index contributed by atoms with van der Waals surface area (Å²) in [7, 11) is 0. The Hall–Kier alpha value is -1.28. The highest BCUT2D eigenvalue weighted by Crippen LogP contribution is 2.21. The van der Waals surface area contributed by atoms with Crippen LogP contribution in [-0.2, 0) is 9.53 Å². The molecular formula is C12H13ClO2. The zero-order valence-corrected chi connectivity index (χ0v) is 9.54. The van der Waals surface area contributed by atoms with E-state index in [1.54, 1.807) is 13.8 Å². The lowest BCUT2D eigenvalue weighted by Crippen LogP contribution is -2.05. The molecule has 0 unspecified atom stereocenters. The van der Waals surface area contributed by atoms with E-state index in [2.05, 4.69) is 0 Å². The summed E-state index contributed by atoms with van der Waals surface area (Å²) < 4.78 is 4.82. The summed E-state index contributed by atoms with van der Waals surface area (Å²) in [5.41, 5.74) is 1.66. The largest absolute Gasteiger partial charge is 0.462 e. The van der Waals surface area contributed by atoms with Crippen LogP contribution in [-0.4, -0.2) is 12.6 Å². The average Bonchev–Trinajstić information content (AvgIpc) is 2.28. The van der Waals surface area contributed by atoms with Crippen LogP contribution in [0.4, 0.5) is 0 Å². The highest BCUT2D eigenvalue weighted by atomic mass is 35.5. The molecule has 1 rings (SSSR count). The average molecular weight is 225 g/mol. The molecule has 1 aromatic carbocycles. The van der Waals surface area contributed by atoms with E-state index in [0.717, 1.165) is 11.1 Å².